The van der Waals surface area contributed by atoms with Gasteiger partial charge in [-0.25, -0.2) is 4.79 Å². The van der Waals surface area contributed by atoms with Gasteiger partial charge in [0, 0.05) is 31.9 Å². The summed E-state index contributed by atoms with van der Waals surface area (Å²) in [6, 6.07) is 0.680. The average molecular weight is 307 g/mol. The Morgan fingerprint density at radius 3 is 2.15 bits per heavy atom. The van der Waals surface area contributed by atoms with Gasteiger partial charge >= 0.3 is 14.9 Å². The van der Waals surface area contributed by atoms with Gasteiger partial charge in [-0.15, -0.1) is 0 Å². The number of nitrogens with one attached hydrogen (secondary N) is 1. The number of hydrogen-bond donors (Lipinski definition) is 1. The van der Waals surface area contributed by atoms with Crippen LogP contribution in [0.3, 0.4) is 0 Å². The molecule has 0 aromatic heterocycles. The van der Waals surface area contributed by atoms with E-state index in [4.69, 9.17) is 18.0 Å². The van der Waals surface area contributed by atoms with Crippen LogP contribution in [-0.4, -0.2) is 47.4 Å². The molecular formula is C13H29NO5Si. The van der Waals surface area contributed by atoms with Crippen molar-refractivity contribution in [2.24, 2.45) is 0 Å². The van der Waals surface area contributed by atoms with Gasteiger partial charge in [-0.3, -0.25) is 0 Å². The standard InChI is InChI=1S/C13H29NO5Si/c1-6-16-13(15)14-10-9-11-20(17-7-2,18-8-3)19-12(4)5/h12H,6-11H2,1-5H3,(H,14,15). The fourth-order valence-electron chi connectivity index (χ4n) is 1.79. The highest BCUT2D eigenvalue weighted by atomic mass is 28.4. The largest absolute Gasteiger partial charge is 0.501 e. The third kappa shape index (κ3) is 8.52. The van der Waals surface area contributed by atoms with Gasteiger partial charge in [0.2, 0.25) is 0 Å². The molecule has 0 aliphatic heterocycles. The molecule has 0 bridgehead atoms. The van der Waals surface area contributed by atoms with E-state index in [1.54, 1.807) is 6.92 Å². The summed E-state index contributed by atoms with van der Waals surface area (Å²) in [4.78, 5) is 11.2. The second-order valence-electron chi connectivity index (χ2n) is 4.47. The molecule has 0 radical (unpaired) electrons. The van der Waals surface area contributed by atoms with Gasteiger partial charge in [-0.1, -0.05) is 0 Å². The first-order chi connectivity index (χ1) is 9.49. The summed E-state index contributed by atoms with van der Waals surface area (Å²) in [6.07, 6.45) is 0.396. The van der Waals surface area contributed by atoms with Crippen molar-refractivity contribution in [2.45, 2.75) is 53.2 Å². The Bertz CT molecular complexity index is 257. The zero-order valence-corrected chi connectivity index (χ0v) is 14.4. The lowest BCUT2D eigenvalue weighted by molar-refractivity contribution is 0.0438. The Kier molecular flexibility index (Phi) is 10.7. The van der Waals surface area contributed by atoms with Crippen LogP contribution in [0.1, 0.15) is 41.0 Å². The number of amides is 1. The van der Waals surface area contributed by atoms with E-state index < -0.39 is 14.9 Å². The second kappa shape index (κ2) is 11.1. The first kappa shape index (κ1) is 19.4. The monoisotopic (exact) mass is 307 g/mol. The maximum atomic E-state index is 11.2. The van der Waals surface area contributed by atoms with E-state index in [-0.39, 0.29) is 6.10 Å². The number of carbonyl (C=O) groups is 1. The van der Waals surface area contributed by atoms with E-state index >= 15 is 0 Å². The molecule has 20 heavy (non-hydrogen) atoms. The summed E-state index contributed by atoms with van der Waals surface area (Å²) in [7, 11) is -2.64. The van der Waals surface area contributed by atoms with Crippen LogP contribution in [0.4, 0.5) is 4.79 Å². The molecule has 0 rings (SSSR count). The number of ether oxygens (including phenoxy) is 1. The van der Waals surface area contributed by atoms with Gasteiger partial charge in [-0.05, 0) is 41.0 Å². The first-order valence-electron chi connectivity index (χ1n) is 7.36. The van der Waals surface area contributed by atoms with Gasteiger partial charge < -0.3 is 23.3 Å². The maximum Gasteiger partial charge on any atom is 0.501 e. The van der Waals surface area contributed by atoms with Crippen LogP contribution in [0.2, 0.25) is 6.04 Å². The summed E-state index contributed by atoms with van der Waals surface area (Å²) in [5, 5.41) is 2.69. The van der Waals surface area contributed by atoms with Crippen LogP contribution in [0, 0.1) is 0 Å². The van der Waals surface area contributed by atoms with Crippen molar-refractivity contribution in [3.8, 4) is 0 Å². The normalized spacial score (nSPS) is 11.7. The predicted octanol–water partition coefficient (Wildman–Crippen LogP) is 2.56. The highest BCUT2D eigenvalue weighted by Gasteiger charge is 2.40. The second-order valence-corrected chi connectivity index (χ2v) is 7.15. The molecule has 1 amide bonds. The van der Waals surface area contributed by atoms with Gasteiger partial charge in [-0.2, -0.15) is 0 Å². The van der Waals surface area contributed by atoms with Crippen molar-refractivity contribution in [2.75, 3.05) is 26.4 Å². The highest BCUT2D eigenvalue weighted by Crippen LogP contribution is 2.19. The molecule has 0 aromatic carbocycles. The van der Waals surface area contributed by atoms with Crippen LogP contribution in [-0.2, 0) is 18.0 Å². The number of rotatable bonds is 11. The molecule has 0 saturated heterocycles. The van der Waals surface area contributed by atoms with Crippen molar-refractivity contribution in [1.29, 1.82) is 0 Å². The Morgan fingerprint density at radius 1 is 1.10 bits per heavy atom. The Labute approximate surface area is 123 Å². The minimum absolute atomic E-state index is 0.0535. The minimum atomic E-state index is -2.64. The van der Waals surface area contributed by atoms with E-state index in [1.807, 2.05) is 27.7 Å². The lowest BCUT2D eigenvalue weighted by Crippen LogP contribution is -2.48. The van der Waals surface area contributed by atoms with Crippen LogP contribution in [0.15, 0.2) is 0 Å². The fourth-order valence-corrected chi connectivity index (χ4v) is 4.62. The molecule has 7 heteroatoms. The van der Waals surface area contributed by atoms with Gasteiger partial charge in [0.15, 0.2) is 0 Å². The molecule has 0 aromatic rings. The molecule has 0 aliphatic carbocycles. The SMILES string of the molecule is CCOC(=O)NCCC[Si](OCC)(OCC)OC(C)C. The first-order valence-corrected chi connectivity index (χ1v) is 9.29. The molecule has 0 heterocycles. The van der Waals surface area contributed by atoms with Crippen LogP contribution in [0.25, 0.3) is 0 Å². The summed E-state index contributed by atoms with van der Waals surface area (Å²) in [6.45, 7) is 11.6. The van der Waals surface area contributed by atoms with Crippen molar-refractivity contribution in [3.63, 3.8) is 0 Å². The Hall–Kier alpha value is -0.633. The number of alkyl carbamates (subject to hydrolysis) is 1. The lowest BCUT2D eigenvalue weighted by atomic mass is 10.5. The molecule has 0 atom stereocenters. The van der Waals surface area contributed by atoms with Gasteiger partial charge in [0.25, 0.3) is 0 Å². The third-order valence-corrected chi connectivity index (χ3v) is 5.60. The maximum absolute atomic E-state index is 11.2. The third-order valence-electron chi connectivity index (χ3n) is 2.35. The van der Waals surface area contributed by atoms with E-state index in [1.165, 1.54) is 0 Å². The minimum Gasteiger partial charge on any atom is -0.450 e. The molecule has 120 valence electrons. The van der Waals surface area contributed by atoms with Crippen LogP contribution >= 0.6 is 0 Å². The Morgan fingerprint density at radius 2 is 1.70 bits per heavy atom. The van der Waals surface area contributed by atoms with E-state index in [2.05, 4.69) is 5.32 Å². The zero-order valence-electron chi connectivity index (χ0n) is 13.4. The van der Waals surface area contributed by atoms with E-state index in [0.717, 1.165) is 6.42 Å². The molecule has 6 nitrogen and oxygen atoms in total. The Balaban J connectivity index is 4.29. The molecular weight excluding hydrogens is 278 g/mol. The van der Waals surface area contributed by atoms with Crippen molar-refractivity contribution in [1.82, 2.24) is 5.32 Å². The van der Waals surface area contributed by atoms with E-state index in [0.29, 0.717) is 32.4 Å². The molecule has 0 unspecified atom stereocenters. The van der Waals surface area contributed by atoms with Crippen molar-refractivity contribution in [3.05, 3.63) is 0 Å². The molecule has 0 aliphatic rings. The molecule has 0 saturated carbocycles. The molecule has 0 fully saturated rings. The predicted molar refractivity (Wildman–Crippen MR) is 79.7 cm³/mol. The fraction of sp³-hybridized carbons (Fsp3) is 0.923. The van der Waals surface area contributed by atoms with Crippen LogP contribution < -0.4 is 5.32 Å². The summed E-state index contributed by atoms with van der Waals surface area (Å²) in [5.74, 6) is 0. The molecule has 0 spiro atoms. The van der Waals surface area contributed by atoms with Gasteiger partial charge in [0.05, 0.1) is 6.61 Å². The highest BCUT2D eigenvalue weighted by molar-refractivity contribution is 6.60. The summed E-state index contributed by atoms with van der Waals surface area (Å²) < 4.78 is 22.3. The van der Waals surface area contributed by atoms with E-state index in [9.17, 15) is 4.79 Å². The lowest BCUT2D eigenvalue weighted by Gasteiger charge is -2.30. The zero-order chi connectivity index (χ0) is 15.4. The average Bonchev–Trinajstić information content (AvgIpc) is 2.35. The number of carbonyl (C=O) groups excluding carboxylic acids is 1. The smallest absolute Gasteiger partial charge is 0.450 e. The van der Waals surface area contributed by atoms with Gasteiger partial charge in [0.1, 0.15) is 0 Å². The van der Waals surface area contributed by atoms with Crippen molar-refractivity contribution < 1.29 is 22.8 Å². The number of hydrogen-bond acceptors (Lipinski definition) is 5. The topological polar surface area (TPSA) is 66.0 Å². The summed E-state index contributed by atoms with van der Waals surface area (Å²) >= 11 is 0. The van der Waals surface area contributed by atoms with Crippen molar-refractivity contribution >= 4 is 14.9 Å². The quantitative estimate of drug-likeness (QED) is 0.469. The molecule has 1 N–H and O–H groups in total. The van der Waals surface area contributed by atoms with Crippen LogP contribution in [0.5, 0.6) is 0 Å². The summed E-state index contributed by atoms with van der Waals surface area (Å²) in [5.41, 5.74) is 0.